The molecule has 0 N–H and O–H groups in total. The molecule has 5 nitrogen and oxygen atoms in total. The lowest BCUT2D eigenvalue weighted by Gasteiger charge is -2.38. The van der Waals surface area contributed by atoms with Crippen LogP contribution in [0.15, 0.2) is 121 Å². The molecular formula is C36H30N2O3. The van der Waals surface area contributed by atoms with Crippen LogP contribution >= 0.6 is 0 Å². The predicted octanol–water partition coefficient (Wildman–Crippen LogP) is 8.57. The van der Waals surface area contributed by atoms with Crippen molar-refractivity contribution < 1.29 is 14.3 Å². The Morgan fingerprint density at radius 3 is 1.73 bits per heavy atom. The quantitative estimate of drug-likeness (QED) is 0.203. The van der Waals surface area contributed by atoms with E-state index in [1.807, 2.05) is 66.7 Å². The van der Waals surface area contributed by atoms with Crippen molar-refractivity contribution in [1.82, 2.24) is 0 Å². The van der Waals surface area contributed by atoms with Crippen molar-refractivity contribution in [3.8, 4) is 11.5 Å². The molecule has 1 spiro atoms. The van der Waals surface area contributed by atoms with Gasteiger partial charge in [-0.1, -0.05) is 54.6 Å². The van der Waals surface area contributed by atoms with Gasteiger partial charge in [0.1, 0.15) is 11.5 Å². The van der Waals surface area contributed by atoms with E-state index in [9.17, 15) is 4.79 Å². The maximum absolute atomic E-state index is 13.3. The Hall–Kier alpha value is -5.03. The van der Waals surface area contributed by atoms with Crippen molar-refractivity contribution in [1.29, 1.82) is 0 Å². The average molecular weight is 539 g/mol. The molecule has 0 saturated heterocycles. The molecule has 5 heteroatoms. The minimum atomic E-state index is -1.10. The molecule has 0 aromatic heterocycles. The first kappa shape index (κ1) is 25.0. The summed E-state index contributed by atoms with van der Waals surface area (Å²) in [5.41, 5.74) is 6.03. The summed E-state index contributed by atoms with van der Waals surface area (Å²) in [4.78, 5) is 17.8. The van der Waals surface area contributed by atoms with Crippen molar-refractivity contribution in [3.63, 3.8) is 0 Å². The fourth-order valence-electron chi connectivity index (χ4n) is 6.18. The van der Waals surface area contributed by atoms with Gasteiger partial charge in [0.15, 0.2) is 5.60 Å². The van der Waals surface area contributed by atoms with Gasteiger partial charge in [-0.15, -0.1) is 0 Å². The minimum absolute atomic E-state index is 0.327. The molecule has 1 unspecified atom stereocenters. The van der Waals surface area contributed by atoms with Crippen LogP contribution in [0.2, 0.25) is 0 Å². The van der Waals surface area contributed by atoms with E-state index in [0.29, 0.717) is 17.1 Å². The van der Waals surface area contributed by atoms with Crippen LogP contribution in [0.5, 0.6) is 11.5 Å². The van der Waals surface area contributed by atoms with Crippen LogP contribution in [-0.2, 0) is 10.3 Å². The Labute approximate surface area is 240 Å². The molecule has 5 aromatic carbocycles. The molecule has 1 atom stereocenters. The minimum Gasteiger partial charge on any atom is -0.456 e. The first-order chi connectivity index (χ1) is 20.1. The van der Waals surface area contributed by atoms with Crippen molar-refractivity contribution >= 4 is 28.7 Å². The van der Waals surface area contributed by atoms with E-state index >= 15 is 0 Å². The number of fused-ring (bicyclic) bond motifs is 6. The van der Waals surface area contributed by atoms with Crippen molar-refractivity contribution in [2.75, 3.05) is 22.9 Å². The summed E-state index contributed by atoms with van der Waals surface area (Å²) in [5, 5.41) is 0. The molecule has 2 aliphatic heterocycles. The fraction of sp³-hybridized carbons (Fsp3) is 0.139. The zero-order valence-electron chi connectivity index (χ0n) is 23.1. The van der Waals surface area contributed by atoms with E-state index < -0.39 is 5.60 Å². The van der Waals surface area contributed by atoms with Crippen molar-refractivity contribution in [2.24, 2.45) is 0 Å². The molecule has 0 saturated carbocycles. The van der Waals surface area contributed by atoms with E-state index in [0.717, 1.165) is 52.5 Å². The van der Waals surface area contributed by atoms with E-state index in [1.54, 1.807) is 0 Å². The van der Waals surface area contributed by atoms with Crippen LogP contribution in [0.3, 0.4) is 0 Å². The summed E-state index contributed by atoms with van der Waals surface area (Å²) in [5.74, 6) is 1.02. The number of carbonyl (C=O) groups is 1. The van der Waals surface area contributed by atoms with Crippen LogP contribution in [0.25, 0.3) is 0 Å². The highest BCUT2D eigenvalue weighted by molar-refractivity contribution is 5.97. The van der Waals surface area contributed by atoms with Crippen LogP contribution < -0.4 is 14.5 Å². The fourth-order valence-corrected chi connectivity index (χ4v) is 6.18. The third kappa shape index (κ3) is 3.88. The number of nitrogens with zero attached hydrogens (tertiary/aromatic N) is 2. The largest absolute Gasteiger partial charge is 0.456 e. The topological polar surface area (TPSA) is 42.0 Å². The van der Waals surface area contributed by atoms with Gasteiger partial charge in [0.2, 0.25) is 0 Å². The smallest absolute Gasteiger partial charge is 0.340 e. The summed E-state index contributed by atoms with van der Waals surface area (Å²) in [6.07, 6.45) is 0. The molecule has 7 rings (SSSR count). The Morgan fingerprint density at radius 1 is 0.585 bits per heavy atom. The summed E-state index contributed by atoms with van der Waals surface area (Å²) < 4.78 is 13.1. The van der Waals surface area contributed by atoms with Crippen LogP contribution in [0, 0.1) is 0 Å². The number of hydrogen-bond donors (Lipinski definition) is 0. The Bertz CT molecular complexity index is 1710. The predicted molar refractivity (Wildman–Crippen MR) is 163 cm³/mol. The standard InChI is InChI=1S/C36H30N2O3/c1-3-37(4-2)27-19-21-31-33(23-27)40-34-24-28(38(25-13-7-5-8-14-25)26-15-9-6-10-16-26)20-22-32(34)36(31)30-18-12-11-17-29(30)35(39)41-36/h5-24H,3-4H2,1-2H3. The van der Waals surface area contributed by atoms with Crippen molar-refractivity contribution in [3.05, 3.63) is 144 Å². The summed E-state index contributed by atoms with van der Waals surface area (Å²) >= 11 is 0. The second kappa shape index (κ2) is 9.86. The Balaban J connectivity index is 1.45. The van der Waals surface area contributed by atoms with Gasteiger partial charge in [0.25, 0.3) is 0 Å². The number of hydrogen-bond acceptors (Lipinski definition) is 5. The molecular weight excluding hydrogens is 508 g/mol. The number of carbonyl (C=O) groups excluding carboxylic acids is 1. The van der Waals surface area contributed by atoms with Crippen LogP contribution in [-0.4, -0.2) is 19.1 Å². The van der Waals surface area contributed by atoms with E-state index in [-0.39, 0.29) is 5.97 Å². The summed E-state index contributed by atoms with van der Waals surface area (Å²) in [6, 6.07) is 40.6. The molecule has 0 bridgehead atoms. The lowest BCUT2D eigenvalue weighted by molar-refractivity contribution is 0.0224. The third-order valence-corrected chi connectivity index (χ3v) is 8.10. The monoisotopic (exact) mass is 538 g/mol. The molecule has 5 aromatic rings. The maximum Gasteiger partial charge on any atom is 0.340 e. The maximum atomic E-state index is 13.3. The molecule has 2 heterocycles. The lowest BCUT2D eigenvalue weighted by Crippen LogP contribution is -2.33. The van der Waals surface area contributed by atoms with E-state index in [1.165, 1.54) is 0 Å². The molecule has 0 fully saturated rings. The first-order valence-electron chi connectivity index (χ1n) is 14.1. The first-order valence-corrected chi connectivity index (χ1v) is 14.1. The van der Waals surface area contributed by atoms with Crippen molar-refractivity contribution in [2.45, 2.75) is 19.4 Å². The summed E-state index contributed by atoms with van der Waals surface area (Å²) in [6.45, 7) is 6.04. The van der Waals surface area contributed by atoms with E-state index in [4.69, 9.17) is 9.47 Å². The number of rotatable bonds is 6. The van der Waals surface area contributed by atoms with Gasteiger partial charge in [-0.05, 0) is 68.4 Å². The van der Waals surface area contributed by atoms with Crippen LogP contribution in [0.1, 0.15) is 40.9 Å². The Morgan fingerprint density at radius 2 is 1.12 bits per heavy atom. The SMILES string of the molecule is CCN(CC)c1ccc2c(c1)Oc1cc(N(c3ccccc3)c3ccccc3)ccc1C21OC(=O)c2ccccc21. The normalized spacial score (nSPS) is 16.3. The van der Waals surface area contributed by atoms with Gasteiger partial charge in [-0.25, -0.2) is 4.79 Å². The van der Waals surface area contributed by atoms with Gasteiger partial charge in [0, 0.05) is 64.7 Å². The molecule has 41 heavy (non-hydrogen) atoms. The Kier molecular flexibility index (Phi) is 6.01. The zero-order valence-corrected chi connectivity index (χ0v) is 23.1. The van der Waals surface area contributed by atoms with Gasteiger partial charge < -0.3 is 19.3 Å². The van der Waals surface area contributed by atoms with Gasteiger partial charge in [0.05, 0.1) is 5.56 Å². The summed E-state index contributed by atoms with van der Waals surface area (Å²) in [7, 11) is 0. The molecule has 2 aliphatic rings. The van der Waals surface area contributed by atoms with Gasteiger partial charge in [-0.3, -0.25) is 0 Å². The van der Waals surface area contributed by atoms with E-state index in [2.05, 4.69) is 78.2 Å². The number of anilines is 4. The van der Waals surface area contributed by atoms with Gasteiger partial charge >= 0.3 is 5.97 Å². The molecule has 0 radical (unpaired) electrons. The second-order valence-corrected chi connectivity index (χ2v) is 10.3. The molecule has 202 valence electrons. The van der Waals surface area contributed by atoms with Crippen LogP contribution in [0.4, 0.5) is 22.7 Å². The number of para-hydroxylation sites is 2. The highest BCUT2D eigenvalue weighted by atomic mass is 16.6. The van der Waals surface area contributed by atoms with Gasteiger partial charge in [-0.2, -0.15) is 0 Å². The number of esters is 1. The molecule has 0 amide bonds. The highest BCUT2D eigenvalue weighted by Crippen LogP contribution is 2.57. The molecule has 0 aliphatic carbocycles. The third-order valence-electron chi connectivity index (χ3n) is 8.10. The number of benzene rings is 5. The highest BCUT2D eigenvalue weighted by Gasteiger charge is 2.53. The average Bonchev–Trinajstić information content (AvgIpc) is 3.31. The second-order valence-electron chi connectivity index (χ2n) is 10.3. The zero-order chi connectivity index (χ0) is 28.0. The number of ether oxygens (including phenoxy) is 2. The lowest BCUT2D eigenvalue weighted by atomic mass is 9.77.